The van der Waals surface area contributed by atoms with Crippen LogP contribution in [0.4, 0.5) is 0 Å². The van der Waals surface area contributed by atoms with Crippen molar-refractivity contribution < 1.29 is 4.74 Å². The minimum Gasteiger partial charge on any atom is -0.376 e. The van der Waals surface area contributed by atoms with Gasteiger partial charge in [-0.1, -0.05) is 37.3 Å². The van der Waals surface area contributed by atoms with Gasteiger partial charge in [-0.15, -0.1) is 0 Å². The van der Waals surface area contributed by atoms with Crippen molar-refractivity contribution in [3.05, 3.63) is 35.9 Å². The van der Waals surface area contributed by atoms with Gasteiger partial charge in [-0.05, 0) is 52.0 Å². The largest absolute Gasteiger partial charge is 0.376 e. The van der Waals surface area contributed by atoms with Gasteiger partial charge in [0.15, 0.2) is 0 Å². The minimum absolute atomic E-state index is 0.0555. The first kappa shape index (κ1) is 16.5. The molecule has 0 aromatic heterocycles. The molecule has 1 aliphatic carbocycles. The fraction of sp³-hybridized carbons (Fsp3) is 0.684. The first-order chi connectivity index (χ1) is 9.95. The lowest BCUT2D eigenvalue weighted by Gasteiger charge is -2.35. The average molecular weight is 289 g/mol. The summed E-state index contributed by atoms with van der Waals surface area (Å²) in [5.41, 5.74) is 1.58. The van der Waals surface area contributed by atoms with Crippen molar-refractivity contribution in [1.82, 2.24) is 5.32 Å². The Labute approximate surface area is 130 Å². The van der Waals surface area contributed by atoms with Crippen LogP contribution in [0, 0.1) is 0 Å². The lowest BCUT2D eigenvalue weighted by molar-refractivity contribution is -0.0122. The summed E-state index contributed by atoms with van der Waals surface area (Å²) in [7, 11) is 0. The van der Waals surface area contributed by atoms with Crippen molar-refractivity contribution >= 4 is 0 Å². The molecule has 1 unspecified atom stereocenters. The summed E-state index contributed by atoms with van der Waals surface area (Å²) in [5.74, 6) is 0. The van der Waals surface area contributed by atoms with Gasteiger partial charge in [0.25, 0.3) is 0 Å². The van der Waals surface area contributed by atoms with E-state index in [9.17, 15) is 0 Å². The first-order valence-corrected chi connectivity index (χ1v) is 8.38. The van der Waals surface area contributed by atoms with Crippen LogP contribution < -0.4 is 5.32 Å². The Morgan fingerprint density at radius 1 is 1.14 bits per heavy atom. The Morgan fingerprint density at radius 2 is 1.81 bits per heavy atom. The van der Waals surface area contributed by atoms with E-state index in [0.717, 1.165) is 32.0 Å². The second kappa shape index (κ2) is 6.93. The predicted molar refractivity (Wildman–Crippen MR) is 89.8 cm³/mol. The highest BCUT2D eigenvalue weighted by Crippen LogP contribution is 2.33. The van der Waals surface area contributed by atoms with Crippen molar-refractivity contribution in [2.75, 3.05) is 13.2 Å². The van der Waals surface area contributed by atoms with E-state index in [-0.39, 0.29) is 11.0 Å². The molecule has 0 amide bonds. The molecule has 0 heterocycles. The second-order valence-electron chi connectivity index (χ2n) is 7.37. The number of rotatable bonds is 8. The predicted octanol–water partition coefficient (Wildman–Crippen LogP) is 4.29. The van der Waals surface area contributed by atoms with Crippen molar-refractivity contribution in [1.29, 1.82) is 0 Å². The molecular weight excluding hydrogens is 258 g/mol. The van der Waals surface area contributed by atoms with Gasteiger partial charge in [0.1, 0.15) is 0 Å². The number of hydrogen-bond acceptors (Lipinski definition) is 2. The van der Waals surface area contributed by atoms with Crippen LogP contribution in [0.2, 0.25) is 0 Å². The smallest absolute Gasteiger partial charge is 0.0598 e. The third-order valence-electron chi connectivity index (χ3n) is 4.49. The lowest BCUT2D eigenvalue weighted by Crippen LogP contribution is -2.40. The third-order valence-corrected chi connectivity index (χ3v) is 4.49. The maximum absolute atomic E-state index is 6.00. The molecule has 1 N–H and O–H groups in total. The summed E-state index contributed by atoms with van der Waals surface area (Å²) < 4.78 is 6.00. The molecule has 1 fully saturated rings. The molecule has 1 aromatic rings. The maximum Gasteiger partial charge on any atom is 0.0598 e. The topological polar surface area (TPSA) is 21.3 Å². The Kier molecular flexibility index (Phi) is 5.45. The number of ether oxygens (including phenoxy) is 1. The Hall–Kier alpha value is -0.860. The SMILES string of the molecule is CCC(CCOC(C)(C)C)(CNC1CC1)c1ccccc1. The highest BCUT2D eigenvalue weighted by atomic mass is 16.5. The standard InChI is InChI=1S/C19H31NO/c1-5-19(15-20-17-11-12-17,13-14-21-18(2,3)4)16-9-7-6-8-10-16/h6-10,17,20H,5,11-15H2,1-4H3. The number of benzene rings is 1. The molecule has 2 rings (SSSR count). The van der Waals surface area contributed by atoms with E-state index < -0.39 is 0 Å². The van der Waals surface area contributed by atoms with Gasteiger partial charge < -0.3 is 10.1 Å². The van der Waals surface area contributed by atoms with Crippen LogP contribution in [-0.2, 0) is 10.2 Å². The summed E-state index contributed by atoms with van der Waals surface area (Å²) >= 11 is 0. The Bertz CT molecular complexity index is 419. The van der Waals surface area contributed by atoms with Crippen LogP contribution in [0.3, 0.4) is 0 Å². The summed E-state index contributed by atoms with van der Waals surface area (Å²) in [6.07, 6.45) is 4.90. The zero-order valence-corrected chi connectivity index (χ0v) is 14.1. The molecule has 1 atom stereocenters. The summed E-state index contributed by atoms with van der Waals surface area (Å²) in [5, 5.41) is 3.74. The van der Waals surface area contributed by atoms with Gasteiger partial charge in [-0.3, -0.25) is 0 Å². The van der Waals surface area contributed by atoms with E-state index in [4.69, 9.17) is 4.74 Å². The molecule has 1 aliphatic rings. The van der Waals surface area contributed by atoms with E-state index in [2.05, 4.69) is 63.3 Å². The van der Waals surface area contributed by atoms with Crippen LogP contribution in [0.15, 0.2) is 30.3 Å². The molecule has 0 saturated heterocycles. The Morgan fingerprint density at radius 3 is 2.33 bits per heavy atom. The first-order valence-electron chi connectivity index (χ1n) is 8.38. The quantitative estimate of drug-likeness (QED) is 0.771. The van der Waals surface area contributed by atoms with Crippen LogP contribution in [0.5, 0.6) is 0 Å². The molecule has 1 aromatic carbocycles. The van der Waals surface area contributed by atoms with Crippen LogP contribution in [-0.4, -0.2) is 24.8 Å². The molecule has 2 nitrogen and oxygen atoms in total. The third kappa shape index (κ3) is 5.12. The fourth-order valence-electron chi connectivity index (χ4n) is 2.81. The van der Waals surface area contributed by atoms with Crippen molar-refractivity contribution in [3.63, 3.8) is 0 Å². The number of nitrogens with one attached hydrogen (secondary N) is 1. The van der Waals surface area contributed by atoms with Crippen molar-refractivity contribution in [3.8, 4) is 0 Å². The van der Waals surface area contributed by atoms with Gasteiger partial charge in [0.05, 0.1) is 5.60 Å². The zero-order valence-electron chi connectivity index (χ0n) is 14.1. The molecule has 2 heteroatoms. The van der Waals surface area contributed by atoms with Gasteiger partial charge in [0.2, 0.25) is 0 Å². The highest BCUT2D eigenvalue weighted by Gasteiger charge is 2.33. The van der Waals surface area contributed by atoms with Crippen LogP contribution in [0.1, 0.15) is 58.9 Å². The molecule has 0 aliphatic heterocycles. The van der Waals surface area contributed by atoms with Crippen molar-refractivity contribution in [2.24, 2.45) is 0 Å². The van der Waals surface area contributed by atoms with Gasteiger partial charge in [-0.25, -0.2) is 0 Å². The van der Waals surface area contributed by atoms with Crippen molar-refractivity contribution in [2.45, 2.75) is 70.4 Å². The molecule has 0 radical (unpaired) electrons. The normalized spacial score (nSPS) is 18.5. The second-order valence-corrected chi connectivity index (χ2v) is 7.37. The molecular formula is C19H31NO. The maximum atomic E-state index is 6.00. The summed E-state index contributed by atoms with van der Waals surface area (Å²) in [6, 6.07) is 11.7. The van der Waals surface area contributed by atoms with Gasteiger partial charge in [-0.2, -0.15) is 0 Å². The summed E-state index contributed by atoms with van der Waals surface area (Å²) in [6.45, 7) is 10.6. The van der Waals surface area contributed by atoms with Crippen LogP contribution >= 0.6 is 0 Å². The van der Waals surface area contributed by atoms with Crippen LogP contribution in [0.25, 0.3) is 0 Å². The molecule has 0 spiro atoms. The van der Waals surface area contributed by atoms with E-state index >= 15 is 0 Å². The highest BCUT2D eigenvalue weighted by molar-refractivity contribution is 5.26. The Balaban J connectivity index is 2.07. The fourth-order valence-corrected chi connectivity index (χ4v) is 2.81. The van der Waals surface area contributed by atoms with E-state index in [0.29, 0.717) is 0 Å². The molecule has 0 bridgehead atoms. The summed E-state index contributed by atoms with van der Waals surface area (Å²) in [4.78, 5) is 0. The molecule has 118 valence electrons. The van der Waals surface area contributed by atoms with E-state index in [1.165, 1.54) is 18.4 Å². The monoisotopic (exact) mass is 289 g/mol. The molecule has 21 heavy (non-hydrogen) atoms. The average Bonchev–Trinajstić information content (AvgIpc) is 3.27. The van der Waals surface area contributed by atoms with Gasteiger partial charge >= 0.3 is 0 Å². The zero-order chi connectivity index (χ0) is 15.3. The van der Waals surface area contributed by atoms with Gasteiger partial charge in [0, 0.05) is 24.6 Å². The number of hydrogen-bond donors (Lipinski definition) is 1. The molecule has 1 saturated carbocycles. The minimum atomic E-state index is -0.0555. The van der Waals surface area contributed by atoms with E-state index in [1.807, 2.05) is 0 Å². The van der Waals surface area contributed by atoms with E-state index in [1.54, 1.807) is 0 Å². The lowest BCUT2D eigenvalue weighted by atomic mass is 9.75.